The monoisotopic (exact) mass is 220 g/mol. The quantitative estimate of drug-likeness (QED) is 0.386. The molecule has 0 radical (unpaired) electrons. The van der Waals surface area contributed by atoms with E-state index in [-0.39, 0.29) is 12.5 Å². The van der Waals surface area contributed by atoms with Gasteiger partial charge in [0.2, 0.25) is 0 Å². The van der Waals surface area contributed by atoms with Gasteiger partial charge in [-0.15, -0.1) is 0 Å². The minimum absolute atomic E-state index is 0.176. The lowest BCUT2D eigenvalue weighted by Crippen LogP contribution is -2.22. The SMILES string of the molecule is C[C@@H](CO)COCOCC[Si](C)(C)C. The van der Waals surface area contributed by atoms with Crippen LogP contribution in [0.15, 0.2) is 0 Å². The van der Waals surface area contributed by atoms with Crippen molar-refractivity contribution in [2.24, 2.45) is 5.92 Å². The van der Waals surface area contributed by atoms with Gasteiger partial charge in [0.1, 0.15) is 6.79 Å². The van der Waals surface area contributed by atoms with Crippen molar-refractivity contribution in [2.45, 2.75) is 32.6 Å². The highest BCUT2D eigenvalue weighted by atomic mass is 28.3. The van der Waals surface area contributed by atoms with E-state index in [4.69, 9.17) is 14.6 Å². The third-order valence-electron chi connectivity index (χ3n) is 1.88. The van der Waals surface area contributed by atoms with Gasteiger partial charge in [-0.2, -0.15) is 0 Å². The number of hydrogen-bond donors (Lipinski definition) is 1. The van der Waals surface area contributed by atoms with Gasteiger partial charge >= 0.3 is 0 Å². The van der Waals surface area contributed by atoms with Crippen molar-refractivity contribution >= 4 is 8.07 Å². The molecule has 0 unspecified atom stereocenters. The number of ether oxygens (including phenoxy) is 2. The summed E-state index contributed by atoms with van der Waals surface area (Å²) in [6.07, 6.45) is 0. The lowest BCUT2D eigenvalue weighted by Gasteiger charge is -2.15. The smallest absolute Gasteiger partial charge is 0.146 e. The maximum atomic E-state index is 8.73. The second-order valence-corrected chi connectivity index (χ2v) is 10.6. The van der Waals surface area contributed by atoms with Crippen molar-refractivity contribution in [3.05, 3.63) is 0 Å². The Morgan fingerprint density at radius 2 is 1.86 bits per heavy atom. The Morgan fingerprint density at radius 1 is 1.21 bits per heavy atom. The van der Waals surface area contributed by atoms with Crippen LogP contribution in [-0.4, -0.2) is 39.8 Å². The van der Waals surface area contributed by atoms with E-state index in [2.05, 4.69) is 19.6 Å². The Labute approximate surface area is 88.4 Å². The van der Waals surface area contributed by atoms with Gasteiger partial charge in [-0.25, -0.2) is 0 Å². The van der Waals surface area contributed by atoms with Crippen LogP contribution in [0.1, 0.15) is 6.92 Å². The Hall–Kier alpha value is 0.0969. The molecule has 0 spiro atoms. The molecule has 3 nitrogen and oxygen atoms in total. The van der Waals surface area contributed by atoms with Crippen molar-refractivity contribution < 1.29 is 14.6 Å². The van der Waals surface area contributed by atoms with Crippen LogP contribution in [0, 0.1) is 5.92 Å². The predicted octanol–water partition coefficient (Wildman–Crippen LogP) is 1.94. The molecule has 0 aromatic rings. The standard InChI is InChI=1S/C10H24O3Si/c1-10(7-11)8-13-9-12-5-6-14(2,3)4/h10-11H,5-9H2,1-4H3/t10-/m0/s1. The molecule has 0 aliphatic rings. The van der Waals surface area contributed by atoms with Crippen LogP contribution in [0.3, 0.4) is 0 Å². The van der Waals surface area contributed by atoms with Crippen molar-refractivity contribution in [3.63, 3.8) is 0 Å². The Balaban J connectivity index is 3.14. The fourth-order valence-electron chi connectivity index (χ4n) is 0.798. The van der Waals surface area contributed by atoms with Crippen LogP contribution in [0.2, 0.25) is 25.7 Å². The largest absolute Gasteiger partial charge is 0.396 e. The van der Waals surface area contributed by atoms with Gasteiger partial charge < -0.3 is 14.6 Å². The molecular formula is C10H24O3Si. The zero-order chi connectivity index (χ0) is 11.0. The minimum atomic E-state index is -0.967. The van der Waals surface area contributed by atoms with Gasteiger partial charge in [0.25, 0.3) is 0 Å². The van der Waals surface area contributed by atoms with Gasteiger partial charge in [-0.05, 0) is 6.04 Å². The van der Waals surface area contributed by atoms with E-state index in [0.717, 1.165) is 6.61 Å². The summed E-state index contributed by atoms with van der Waals surface area (Å²) in [6, 6.07) is 1.17. The van der Waals surface area contributed by atoms with E-state index in [1.807, 2.05) is 6.92 Å². The van der Waals surface area contributed by atoms with E-state index in [1.165, 1.54) is 6.04 Å². The minimum Gasteiger partial charge on any atom is -0.396 e. The molecule has 0 rings (SSSR count). The number of hydrogen-bond acceptors (Lipinski definition) is 3. The second-order valence-electron chi connectivity index (χ2n) is 5.00. The van der Waals surface area contributed by atoms with Crippen LogP contribution in [0.5, 0.6) is 0 Å². The molecule has 0 aliphatic carbocycles. The van der Waals surface area contributed by atoms with E-state index < -0.39 is 8.07 Å². The van der Waals surface area contributed by atoms with E-state index in [9.17, 15) is 0 Å². The van der Waals surface area contributed by atoms with Gasteiger partial charge in [-0.1, -0.05) is 26.6 Å². The molecule has 0 amide bonds. The Bertz CT molecular complexity index is 134. The van der Waals surface area contributed by atoms with Crippen LogP contribution in [0.25, 0.3) is 0 Å². The number of rotatable bonds is 8. The second kappa shape index (κ2) is 7.40. The molecule has 0 fully saturated rings. The first kappa shape index (κ1) is 14.1. The third-order valence-corrected chi connectivity index (χ3v) is 3.58. The maximum absolute atomic E-state index is 8.73. The summed E-state index contributed by atoms with van der Waals surface area (Å²) in [6.45, 7) is 10.8. The summed E-state index contributed by atoms with van der Waals surface area (Å²) >= 11 is 0. The Kier molecular flexibility index (Phi) is 7.45. The number of aliphatic hydroxyl groups is 1. The molecule has 0 saturated heterocycles. The molecule has 0 bridgehead atoms. The highest BCUT2D eigenvalue weighted by Crippen LogP contribution is 2.07. The average Bonchev–Trinajstić information content (AvgIpc) is 2.08. The van der Waals surface area contributed by atoms with Crippen molar-refractivity contribution in [1.82, 2.24) is 0 Å². The summed E-state index contributed by atoms with van der Waals surface area (Å²) < 4.78 is 10.6. The highest BCUT2D eigenvalue weighted by Gasteiger charge is 2.11. The molecule has 1 N–H and O–H groups in total. The first-order chi connectivity index (χ1) is 6.45. The molecule has 86 valence electrons. The summed E-state index contributed by atoms with van der Waals surface area (Å²) in [5.74, 6) is 0.204. The molecule has 0 saturated carbocycles. The van der Waals surface area contributed by atoms with Crippen molar-refractivity contribution in [3.8, 4) is 0 Å². The molecule has 0 heterocycles. The first-order valence-corrected chi connectivity index (χ1v) is 8.93. The maximum Gasteiger partial charge on any atom is 0.146 e. The summed E-state index contributed by atoms with van der Waals surface area (Å²) in [4.78, 5) is 0. The molecule has 4 heteroatoms. The van der Waals surface area contributed by atoms with Gasteiger partial charge in [0.15, 0.2) is 0 Å². The topological polar surface area (TPSA) is 38.7 Å². The lowest BCUT2D eigenvalue weighted by atomic mass is 10.2. The summed E-state index contributed by atoms with van der Waals surface area (Å²) in [7, 11) is -0.967. The van der Waals surface area contributed by atoms with Crippen molar-refractivity contribution in [1.29, 1.82) is 0 Å². The Morgan fingerprint density at radius 3 is 2.36 bits per heavy atom. The van der Waals surface area contributed by atoms with Crippen LogP contribution in [0.4, 0.5) is 0 Å². The van der Waals surface area contributed by atoms with Crippen LogP contribution in [-0.2, 0) is 9.47 Å². The number of aliphatic hydroxyl groups excluding tert-OH is 1. The summed E-state index contributed by atoms with van der Waals surface area (Å²) in [5, 5.41) is 8.73. The zero-order valence-electron chi connectivity index (χ0n) is 9.88. The van der Waals surface area contributed by atoms with Crippen LogP contribution < -0.4 is 0 Å². The molecule has 14 heavy (non-hydrogen) atoms. The lowest BCUT2D eigenvalue weighted by molar-refractivity contribution is -0.0630. The van der Waals surface area contributed by atoms with Crippen molar-refractivity contribution in [2.75, 3.05) is 26.6 Å². The average molecular weight is 220 g/mol. The fourth-order valence-corrected chi connectivity index (χ4v) is 1.55. The first-order valence-electron chi connectivity index (χ1n) is 5.22. The summed E-state index contributed by atoms with van der Waals surface area (Å²) in [5.41, 5.74) is 0. The van der Waals surface area contributed by atoms with Gasteiger partial charge in [0, 0.05) is 27.2 Å². The predicted molar refractivity (Wildman–Crippen MR) is 61.2 cm³/mol. The van der Waals surface area contributed by atoms with E-state index in [1.54, 1.807) is 0 Å². The molecular weight excluding hydrogens is 196 g/mol. The molecule has 1 atom stereocenters. The zero-order valence-corrected chi connectivity index (χ0v) is 10.9. The van der Waals surface area contributed by atoms with Gasteiger partial charge in [-0.3, -0.25) is 0 Å². The molecule has 0 aromatic carbocycles. The third kappa shape index (κ3) is 10.2. The van der Waals surface area contributed by atoms with E-state index >= 15 is 0 Å². The molecule has 0 aliphatic heterocycles. The normalized spacial score (nSPS) is 14.4. The van der Waals surface area contributed by atoms with Gasteiger partial charge in [0.05, 0.1) is 6.61 Å². The fraction of sp³-hybridized carbons (Fsp3) is 1.00. The highest BCUT2D eigenvalue weighted by molar-refractivity contribution is 6.76. The molecule has 0 aromatic heterocycles. The van der Waals surface area contributed by atoms with Crippen LogP contribution >= 0.6 is 0 Å². The van der Waals surface area contributed by atoms with E-state index in [0.29, 0.717) is 13.4 Å².